The molecule has 0 spiro atoms. The van der Waals surface area contributed by atoms with E-state index in [1.807, 2.05) is 12.1 Å². The Labute approximate surface area is 126 Å². The van der Waals surface area contributed by atoms with Crippen LogP contribution in [-0.2, 0) is 6.54 Å². The van der Waals surface area contributed by atoms with Gasteiger partial charge in [0.1, 0.15) is 5.82 Å². The third kappa shape index (κ3) is 3.17. The second-order valence-electron chi connectivity index (χ2n) is 5.84. The van der Waals surface area contributed by atoms with E-state index in [0.29, 0.717) is 6.54 Å². The van der Waals surface area contributed by atoms with Crippen LogP contribution in [0, 0.1) is 0 Å². The second kappa shape index (κ2) is 6.41. The van der Waals surface area contributed by atoms with Gasteiger partial charge in [-0.1, -0.05) is 18.2 Å². The molecule has 21 heavy (non-hydrogen) atoms. The summed E-state index contributed by atoms with van der Waals surface area (Å²) < 4.78 is 0. The van der Waals surface area contributed by atoms with Gasteiger partial charge in [-0.2, -0.15) is 0 Å². The first-order chi connectivity index (χ1) is 10.3. The topological polar surface area (TPSA) is 45.4 Å². The van der Waals surface area contributed by atoms with Crippen LogP contribution in [-0.4, -0.2) is 43.1 Å². The number of rotatable bonds is 5. The Bertz CT molecular complexity index is 605. The van der Waals surface area contributed by atoms with Crippen molar-refractivity contribution in [3.8, 4) is 0 Å². The quantitative estimate of drug-likeness (QED) is 0.914. The van der Waals surface area contributed by atoms with Gasteiger partial charge in [-0.15, -0.1) is 0 Å². The number of para-hydroxylation sites is 1. The van der Waals surface area contributed by atoms with E-state index in [9.17, 15) is 0 Å². The van der Waals surface area contributed by atoms with Gasteiger partial charge in [-0.3, -0.25) is 0 Å². The maximum atomic E-state index is 5.92. The molecule has 0 atom stereocenters. The molecule has 2 N–H and O–H groups in total. The maximum absolute atomic E-state index is 5.92. The summed E-state index contributed by atoms with van der Waals surface area (Å²) in [5.74, 6) is 1.02. The van der Waals surface area contributed by atoms with Gasteiger partial charge in [0, 0.05) is 37.6 Å². The molecule has 3 rings (SSSR count). The number of likely N-dealkylation sites (tertiary alicyclic amines) is 1. The summed E-state index contributed by atoms with van der Waals surface area (Å²) in [7, 11) is 2.12. The highest BCUT2D eigenvalue weighted by Crippen LogP contribution is 2.22. The summed E-state index contributed by atoms with van der Waals surface area (Å²) >= 11 is 0. The molecular weight excluding hydrogens is 260 g/mol. The SMILES string of the molecule is CN(CCN1CCCC1)c1nc2ccccc2cc1CN. The Hall–Kier alpha value is -1.65. The highest BCUT2D eigenvalue weighted by molar-refractivity contribution is 5.81. The number of anilines is 1. The summed E-state index contributed by atoms with van der Waals surface area (Å²) in [6.45, 7) is 5.11. The predicted molar refractivity (Wildman–Crippen MR) is 88.6 cm³/mol. The lowest BCUT2D eigenvalue weighted by atomic mass is 10.1. The van der Waals surface area contributed by atoms with Gasteiger partial charge in [0.05, 0.1) is 5.52 Å². The number of benzene rings is 1. The fourth-order valence-corrected chi connectivity index (χ4v) is 3.03. The molecule has 112 valence electrons. The zero-order valence-corrected chi connectivity index (χ0v) is 12.8. The second-order valence-corrected chi connectivity index (χ2v) is 5.84. The van der Waals surface area contributed by atoms with Crippen LogP contribution < -0.4 is 10.6 Å². The molecule has 0 radical (unpaired) electrons. The minimum atomic E-state index is 0.529. The van der Waals surface area contributed by atoms with E-state index in [1.165, 1.54) is 25.9 Å². The number of pyridine rings is 1. The number of likely N-dealkylation sites (N-methyl/N-ethyl adjacent to an activating group) is 1. The molecule has 1 saturated heterocycles. The van der Waals surface area contributed by atoms with Gasteiger partial charge in [0.2, 0.25) is 0 Å². The van der Waals surface area contributed by atoms with E-state index in [1.54, 1.807) is 0 Å². The van der Waals surface area contributed by atoms with Crippen LogP contribution in [0.25, 0.3) is 10.9 Å². The van der Waals surface area contributed by atoms with Crippen LogP contribution in [0.15, 0.2) is 30.3 Å². The Morgan fingerprint density at radius 2 is 2.00 bits per heavy atom. The third-order valence-corrected chi connectivity index (χ3v) is 4.31. The first-order valence-corrected chi connectivity index (χ1v) is 7.80. The van der Waals surface area contributed by atoms with Crippen molar-refractivity contribution in [2.24, 2.45) is 5.73 Å². The summed E-state index contributed by atoms with van der Waals surface area (Å²) in [6.07, 6.45) is 2.68. The van der Waals surface area contributed by atoms with E-state index < -0.39 is 0 Å². The average molecular weight is 284 g/mol. The summed E-state index contributed by atoms with van der Waals surface area (Å²) in [6, 6.07) is 10.4. The number of nitrogens with zero attached hydrogens (tertiary/aromatic N) is 3. The smallest absolute Gasteiger partial charge is 0.133 e. The van der Waals surface area contributed by atoms with E-state index >= 15 is 0 Å². The Morgan fingerprint density at radius 3 is 2.76 bits per heavy atom. The van der Waals surface area contributed by atoms with Crippen LogP contribution in [0.2, 0.25) is 0 Å². The Kier molecular flexibility index (Phi) is 4.36. The van der Waals surface area contributed by atoms with E-state index in [0.717, 1.165) is 35.4 Å². The molecule has 1 aliphatic heterocycles. The molecule has 4 nitrogen and oxygen atoms in total. The van der Waals surface area contributed by atoms with Gasteiger partial charge in [-0.05, 0) is 38.1 Å². The fraction of sp³-hybridized carbons (Fsp3) is 0.471. The molecule has 1 aliphatic rings. The number of hydrogen-bond acceptors (Lipinski definition) is 4. The molecule has 2 heterocycles. The van der Waals surface area contributed by atoms with Crippen molar-refractivity contribution in [1.82, 2.24) is 9.88 Å². The van der Waals surface area contributed by atoms with Crippen molar-refractivity contribution in [1.29, 1.82) is 0 Å². The Morgan fingerprint density at radius 1 is 1.24 bits per heavy atom. The molecule has 0 aliphatic carbocycles. The van der Waals surface area contributed by atoms with Crippen molar-refractivity contribution in [2.45, 2.75) is 19.4 Å². The van der Waals surface area contributed by atoms with Crippen LogP contribution in [0.3, 0.4) is 0 Å². The molecule has 2 aromatic rings. The van der Waals surface area contributed by atoms with Crippen LogP contribution >= 0.6 is 0 Å². The van der Waals surface area contributed by atoms with E-state index in [2.05, 4.69) is 35.0 Å². The first kappa shape index (κ1) is 14.3. The zero-order valence-electron chi connectivity index (χ0n) is 12.8. The minimum absolute atomic E-state index is 0.529. The van der Waals surface area contributed by atoms with Gasteiger partial charge in [0.25, 0.3) is 0 Å². The van der Waals surface area contributed by atoms with Crippen molar-refractivity contribution < 1.29 is 0 Å². The molecule has 1 fully saturated rings. The number of fused-ring (bicyclic) bond motifs is 1. The lowest BCUT2D eigenvalue weighted by molar-refractivity contribution is 0.346. The molecule has 1 aromatic heterocycles. The summed E-state index contributed by atoms with van der Waals surface area (Å²) in [4.78, 5) is 9.59. The van der Waals surface area contributed by atoms with Crippen LogP contribution in [0.1, 0.15) is 18.4 Å². The number of aromatic nitrogens is 1. The molecule has 0 unspecified atom stereocenters. The molecule has 1 aromatic carbocycles. The third-order valence-electron chi connectivity index (χ3n) is 4.31. The molecule has 0 amide bonds. The summed E-state index contributed by atoms with van der Waals surface area (Å²) in [5.41, 5.74) is 8.08. The zero-order chi connectivity index (χ0) is 14.7. The standard InChI is InChI=1S/C17H24N4/c1-20(10-11-21-8-4-5-9-21)17-15(13-18)12-14-6-2-3-7-16(14)19-17/h2-3,6-7,12H,4-5,8-11,13,18H2,1H3. The largest absolute Gasteiger partial charge is 0.358 e. The monoisotopic (exact) mass is 284 g/mol. The first-order valence-electron chi connectivity index (χ1n) is 7.80. The normalized spacial score (nSPS) is 15.7. The van der Waals surface area contributed by atoms with Crippen LogP contribution in [0.5, 0.6) is 0 Å². The maximum Gasteiger partial charge on any atom is 0.133 e. The number of nitrogens with two attached hydrogens (primary N) is 1. The molecular formula is C17H24N4. The van der Waals surface area contributed by atoms with E-state index in [4.69, 9.17) is 10.7 Å². The van der Waals surface area contributed by atoms with Crippen molar-refractivity contribution in [2.75, 3.05) is 38.1 Å². The van der Waals surface area contributed by atoms with Crippen molar-refractivity contribution in [3.05, 3.63) is 35.9 Å². The minimum Gasteiger partial charge on any atom is -0.358 e. The lowest BCUT2D eigenvalue weighted by Crippen LogP contribution is -2.32. The Balaban J connectivity index is 1.80. The molecule has 0 bridgehead atoms. The van der Waals surface area contributed by atoms with Crippen LogP contribution in [0.4, 0.5) is 5.82 Å². The summed E-state index contributed by atoms with van der Waals surface area (Å²) in [5, 5.41) is 1.16. The van der Waals surface area contributed by atoms with Crippen molar-refractivity contribution in [3.63, 3.8) is 0 Å². The van der Waals surface area contributed by atoms with Gasteiger partial charge in [0.15, 0.2) is 0 Å². The van der Waals surface area contributed by atoms with Gasteiger partial charge < -0.3 is 15.5 Å². The predicted octanol–water partition coefficient (Wildman–Crippen LogP) is 2.23. The van der Waals surface area contributed by atoms with E-state index in [-0.39, 0.29) is 0 Å². The molecule has 4 heteroatoms. The van der Waals surface area contributed by atoms with Gasteiger partial charge in [-0.25, -0.2) is 4.98 Å². The highest BCUT2D eigenvalue weighted by atomic mass is 15.2. The molecule has 0 saturated carbocycles. The lowest BCUT2D eigenvalue weighted by Gasteiger charge is -2.24. The fourth-order valence-electron chi connectivity index (χ4n) is 3.03. The highest BCUT2D eigenvalue weighted by Gasteiger charge is 2.14. The average Bonchev–Trinajstić information content (AvgIpc) is 3.04. The van der Waals surface area contributed by atoms with Gasteiger partial charge >= 0.3 is 0 Å². The van der Waals surface area contributed by atoms with Crippen molar-refractivity contribution >= 4 is 16.7 Å². The number of hydrogen-bond donors (Lipinski definition) is 1.